The second kappa shape index (κ2) is 10.8. The van der Waals surface area contributed by atoms with Crippen LogP contribution in [-0.4, -0.2) is 42.9 Å². The zero-order chi connectivity index (χ0) is 15.8. The van der Waals surface area contributed by atoms with E-state index in [1.165, 1.54) is 6.42 Å². The summed E-state index contributed by atoms with van der Waals surface area (Å²) in [5.74, 6) is 1.49. The summed E-state index contributed by atoms with van der Waals surface area (Å²) < 4.78 is 5.52. The molecule has 5 nitrogen and oxygen atoms in total. The molecule has 2 rings (SSSR count). The minimum absolute atomic E-state index is 0. The van der Waals surface area contributed by atoms with Gasteiger partial charge in [0.1, 0.15) is 0 Å². The Morgan fingerprint density at radius 3 is 2.70 bits per heavy atom. The molecular formula is C17H28IN3O2. The second-order valence-electron chi connectivity index (χ2n) is 5.84. The number of nitrogens with one attached hydrogen (secondary N) is 2. The Morgan fingerprint density at radius 2 is 2.09 bits per heavy atom. The van der Waals surface area contributed by atoms with Gasteiger partial charge in [-0.1, -0.05) is 37.3 Å². The number of ether oxygens (including phenoxy) is 1. The fourth-order valence-corrected chi connectivity index (χ4v) is 2.16. The highest BCUT2D eigenvalue weighted by Gasteiger charge is 2.33. The third kappa shape index (κ3) is 7.99. The van der Waals surface area contributed by atoms with Crippen molar-refractivity contribution in [3.8, 4) is 0 Å². The zero-order valence-electron chi connectivity index (χ0n) is 13.9. The zero-order valence-corrected chi connectivity index (χ0v) is 16.2. The lowest BCUT2D eigenvalue weighted by Gasteiger charge is -2.13. The van der Waals surface area contributed by atoms with Gasteiger partial charge in [0.2, 0.25) is 0 Å². The molecule has 0 aliphatic heterocycles. The molecule has 0 amide bonds. The summed E-state index contributed by atoms with van der Waals surface area (Å²) >= 11 is 0. The topological polar surface area (TPSA) is 65.9 Å². The van der Waals surface area contributed by atoms with E-state index in [9.17, 15) is 5.11 Å². The fraction of sp³-hybridized carbons (Fsp3) is 0.588. The van der Waals surface area contributed by atoms with Crippen LogP contribution in [0.25, 0.3) is 0 Å². The highest BCUT2D eigenvalue weighted by atomic mass is 127. The van der Waals surface area contributed by atoms with Crippen LogP contribution in [0.3, 0.4) is 0 Å². The van der Waals surface area contributed by atoms with Gasteiger partial charge in [0.05, 0.1) is 25.9 Å². The van der Waals surface area contributed by atoms with Crippen molar-refractivity contribution in [1.82, 2.24) is 10.6 Å². The monoisotopic (exact) mass is 433 g/mol. The van der Waals surface area contributed by atoms with Crippen molar-refractivity contribution in [3.63, 3.8) is 0 Å². The largest absolute Gasteiger partial charge is 0.389 e. The van der Waals surface area contributed by atoms with Gasteiger partial charge in [-0.2, -0.15) is 0 Å². The number of halogens is 1. The third-order valence-electron chi connectivity index (χ3n) is 3.66. The summed E-state index contributed by atoms with van der Waals surface area (Å²) in [5, 5.41) is 16.5. The third-order valence-corrected chi connectivity index (χ3v) is 3.66. The maximum absolute atomic E-state index is 9.96. The Morgan fingerprint density at radius 1 is 1.39 bits per heavy atom. The minimum atomic E-state index is -0.587. The molecule has 1 aliphatic rings. The molecule has 0 saturated heterocycles. The van der Waals surface area contributed by atoms with Crippen molar-refractivity contribution in [2.75, 3.05) is 19.7 Å². The van der Waals surface area contributed by atoms with Crippen molar-refractivity contribution in [2.24, 2.45) is 10.9 Å². The molecule has 1 saturated carbocycles. The summed E-state index contributed by atoms with van der Waals surface area (Å²) in [4.78, 5) is 4.42. The van der Waals surface area contributed by atoms with E-state index in [1.54, 1.807) is 0 Å². The number of aliphatic hydroxyl groups excluding tert-OH is 1. The first-order valence-electron chi connectivity index (χ1n) is 8.03. The van der Waals surface area contributed by atoms with Gasteiger partial charge in [0.15, 0.2) is 5.96 Å². The van der Waals surface area contributed by atoms with Crippen molar-refractivity contribution in [3.05, 3.63) is 35.9 Å². The van der Waals surface area contributed by atoms with Crippen molar-refractivity contribution in [1.29, 1.82) is 0 Å². The summed E-state index contributed by atoms with van der Waals surface area (Å²) in [7, 11) is 0. The summed E-state index contributed by atoms with van der Waals surface area (Å²) in [5.41, 5.74) is 1.11. The first-order chi connectivity index (χ1) is 10.7. The molecule has 6 heteroatoms. The molecule has 1 aromatic rings. The van der Waals surface area contributed by atoms with Gasteiger partial charge in [-0.15, -0.1) is 24.0 Å². The number of nitrogens with zero attached hydrogens (tertiary/aromatic N) is 1. The fourth-order valence-electron chi connectivity index (χ4n) is 2.16. The van der Waals surface area contributed by atoms with E-state index in [-0.39, 0.29) is 30.6 Å². The standard InChI is InChI=1S/C17H27N3O2.HI/c1-3-18-17(20-16-9-13(16)2)19-10-15(21)12-22-11-14-7-5-4-6-8-14;/h4-8,13,15-16,21H,3,9-12H2,1-2H3,(H2,18,19,20);1H. The smallest absolute Gasteiger partial charge is 0.191 e. The molecule has 0 spiro atoms. The lowest BCUT2D eigenvalue weighted by Crippen LogP contribution is -2.39. The number of aliphatic imine (C=N–C) groups is 1. The SMILES string of the molecule is CCNC(=NCC(O)COCc1ccccc1)NC1CC1C.I. The normalized spacial score (nSPS) is 21.3. The Bertz CT molecular complexity index is 470. The van der Waals surface area contributed by atoms with E-state index >= 15 is 0 Å². The van der Waals surface area contributed by atoms with Crippen LogP contribution in [0.1, 0.15) is 25.8 Å². The van der Waals surface area contributed by atoms with Gasteiger partial charge < -0.3 is 20.5 Å². The Labute approximate surface area is 155 Å². The maximum atomic E-state index is 9.96. The predicted molar refractivity (Wildman–Crippen MR) is 104 cm³/mol. The molecular weight excluding hydrogens is 405 g/mol. The molecule has 23 heavy (non-hydrogen) atoms. The van der Waals surface area contributed by atoms with E-state index in [1.807, 2.05) is 37.3 Å². The highest BCUT2D eigenvalue weighted by molar-refractivity contribution is 14.0. The first-order valence-corrected chi connectivity index (χ1v) is 8.03. The van der Waals surface area contributed by atoms with Gasteiger partial charge in [0.25, 0.3) is 0 Å². The lowest BCUT2D eigenvalue weighted by atomic mass is 10.2. The Balaban J connectivity index is 0.00000264. The maximum Gasteiger partial charge on any atom is 0.191 e. The molecule has 3 unspecified atom stereocenters. The van der Waals surface area contributed by atoms with E-state index in [0.717, 1.165) is 18.1 Å². The van der Waals surface area contributed by atoms with E-state index in [0.29, 0.717) is 25.1 Å². The average Bonchev–Trinajstić information content (AvgIpc) is 3.21. The van der Waals surface area contributed by atoms with Crippen LogP contribution in [0.5, 0.6) is 0 Å². The Hall–Kier alpha value is -0.860. The van der Waals surface area contributed by atoms with Crippen LogP contribution in [0, 0.1) is 5.92 Å². The van der Waals surface area contributed by atoms with Crippen LogP contribution in [0.2, 0.25) is 0 Å². The summed E-state index contributed by atoms with van der Waals surface area (Å²) in [6, 6.07) is 10.5. The number of rotatable bonds is 8. The molecule has 0 aromatic heterocycles. The molecule has 1 aromatic carbocycles. The summed E-state index contributed by atoms with van der Waals surface area (Å²) in [6.45, 7) is 6.20. The first kappa shape index (κ1) is 20.2. The minimum Gasteiger partial charge on any atom is -0.389 e. The van der Waals surface area contributed by atoms with E-state index in [4.69, 9.17) is 4.74 Å². The van der Waals surface area contributed by atoms with E-state index in [2.05, 4.69) is 22.5 Å². The molecule has 1 aliphatic carbocycles. The molecule has 130 valence electrons. The van der Waals surface area contributed by atoms with E-state index < -0.39 is 6.10 Å². The van der Waals surface area contributed by atoms with Gasteiger partial charge in [-0.25, -0.2) is 0 Å². The molecule has 0 bridgehead atoms. The summed E-state index contributed by atoms with van der Waals surface area (Å²) in [6.07, 6.45) is 0.600. The second-order valence-corrected chi connectivity index (χ2v) is 5.84. The quantitative estimate of drug-likeness (QED) is 0.334. The Kier molecular flexibility index (Phi) is 9.50. The van der Waals surface area contributed by atoms with Crippen LogP contribution in [0.4, 0.5) is 0 Å². The molecule has 0 radical (unpaired) electrons. The van der Waals surface area contributed by atoms with Crippen LogP contribution in [0.15, 0.2) is 35.3 Å². The van der Waals surface area contributed by atoms with Gasteiger partial charge in [0, 0.05) is 12.6 Å². The number of aliphatic hydroxyl groups is 1. The van der Waals surface area contributed by atoms with Crippen molar-refractivity contribution in [2.45, 2.75) is 39.0 Å². The van der Waals surface area contributed by atoms with Crippen molar-refractivity contribution >= 4 is 29.9 Å². The predicted octanol–water partition coefficient (Wildman–Crippen LogP) is 2.15. The number of guanidine groups is 1. The number of hydrogen-bond acceptors (Lipinski definition) is 3. The van der Waals surface area contributed by atoms with Gasteiger partial charge >= 0.3 is 0 Å². The highest BCUT2D eigenvalue weighted by Crippen LogP contribution is 2.28. The van der Waals surface area contributed by atoms with Crippen molar-refractivity contribution < 1.29 is 9.84 Å². The van der Waals surface area contributed by atoms with Gasteiger partial charge in [-0.3, -0.25) is 4.99 Å². The number of benzene rings is 1. The average molecular weight is 433 g/mol. The van der Waals surface area contributed by atoms with Crippen LogP contribution >= 0.6 is 24.0 Å². The molecule has 3 atom stereocenters. The molecule has 0 heterocycles. The van der Waals surface area contributed by atoms with Crippen LogP contribution in [-0.2, 0) is 11.3 Å². The number of hydrogen-bond donors (Lipinski definition) is 3. The molecule has 3 N–H and O–H groups in total. The van der Waals surface area contributed by atoms with Crippen LogP contribution < -0.4 is 10.6 Å². The lowest BCUT2D eigenvalue weighted by molar-refractivity contribution is 0.0331. The van der Waals surface area contributed by atoms with Gasteiger partial charge in [-0.05, 0) is 24.8 Å². The molecule has 1 fully saturated rings.